The largest absolute Gasteiger partial charge is 0.492 e. The molecule has 2 unspecified atom stereocenters. The molecule has 0 saturated carbocycles. The number of nitrogens with one attached hydrogen (secondary N) is 1. The number of carbonyl (C=O) groups excluding carboxylic acids is 1. The molecule has 43 heavy (non-hydrogen) atoms. The number of rotatable bonds is 11. The number of aryl methyl sites for hydroxylation is 1. The van der Waals surface area contributed by atoms with E-state index in [1.807, 2.05) is 103 Å². The van der Waals surface area contributed by atoms with Gasteiger partial charge in [-0.05, 0) is 79.3 Å². The Hall–Kier alpha value is -4.60. The highest BCUT2D eigenvalue weighted by Gasteiger charge is 2.43. The van der Waals surface area contributed by atoms with Gasteiger partial charge in [-0.1, -0.05) is 42.5 Å². The van der Waals surface area contributed by atoms with Gasteiger partial charge in [-0.2, -0.15) is 0 Å². The molecule has 4 aromatic carbocycles. The van der Waals surface area contributed by atoms with Crippen LogP contribution in [0.15, 0.2) is 103 Å². The average Bonchev–Trinajstić information content (AvgIpc) is 3.01. The predicted octanol–water partition coefficient (Wildman–Crippen LogP) is 5.90. The van der Waals surface area contributed by atoms with Crippen LogP contribution in [0.5, 0.6) is 17.2 Å². The minimum absolute atomic E-state index is 0.0381. The molecule has 5 rings (SSSR count). The number of likely N-dealkylation sites (tertiary alicyclic amines) is 1. The molecular formula is C34H35N3O5S. The second-order valence-electron chi connectivity index (χ2n) is 10.2. The van der Waals surface area contributed by atoms with Crippen molar-refractivity contribution in [2.75, 3.05) is 43.6 Å². The molecule has 0 aliphatic carbocycles. The molecule has 4 aromatic rings. The van der Waals surface area contributed by atoms with Crippen molar-refractivity contribution < 1.29 is 24.1 Å². The van der Waals surface area contributed by atoms with Gasteiger partial charge in [-0.15, -0.1) is 0 Å². The fourth-order valence-electron chi connectivity index (χ4n) is 5.09. The smallest absolute Gasteiger partial charge is 0.337 e. The topological polar surface area (TPSA) is 83.5 Å². The molecule has 9 heteroatoms. The summed E-state index contributed by atoms with van der Waals surface area (Å²) in [5.74, 6) is 1.89. The number of thiocarbonyl (C=S) groups is 1. The molecule has 1 aliphatic rings. The number of carbonyl (C=O) groups is 1. The van der Waals surface area contributed by atoms with E-state index in [-0.39, 0.29) is 18.7 Å². The number of aliphatic hydroxyl groups is 1. The molecule has 0 spiro atoms. The number of benzene rings is 4. The van der Waals surface area contributed by atoms with Gasteiger partial charge in [0.25, 0.3) is 0 Å². The third-order valence-corrected chi connectivity index (χ3v) is 7.78. The first-order valence-corrected chi connectivity index (χ1v) is 14.5. The quantitative estimate of drug-likeness (QED) is 0.162. The molecule has 1 fully saturated rings. The minimum Gasteiger partial charge on any atom is -0.492 e. The first kappa shape index (κ1) is 29.9. The summed E-state index contributed by atoms with van der Waals surface area (Å²) in [5, 5.41) is 14.3. The molecule has 2 atom stereocenters. The number of nitrogens with zero attached hydrogens (tertiary/aromatic N) is 2. The van der Waals surface area contributed by atoms with Gasteiger partial charge < -0.3 is 34.4 Å². The number of para-hydroxylation sites is 2. The number of anilines is 2. The van der Waals surface area contributed by atoms with Gasteiger partial charge in [0.2, 0.25) is 0 Å². The summed E-state index contributed by atoms with van der Waals surface area (Å²) in [6.45, 7) is 3.53. The second-order valence-corrected chi connectivity index (χ2v) is 10.6. The van der Waals surface area contributed by atoms with Gasteiger partial charge in [0.05, 0.1) is 37.9 Å². The van der Waals surface area contributed by atoms with Gasteiger partial charge in [0.15, 0.2) is 5.11 Å². The van der Waals surface area contributed by atoms with Crippen molar-refractivity contribution in [3.05, 3.63) is 114 Å². The summed E-state index contributed by atoms with van der Waals surface area (Å²) in [6, 6.07) is 32.1. The van der Waals surface area contributed by atoms with Gasteiger partial charge >= 0.3 is 5.97 Å². The summed E-state index contributed by atoms with van der Waals surface area (Å²) in [4.78, 5) is 16.2. The summed E-state index contributed by atoms with van der Waals surface area (Å²) in [5.41, 5.74) is 3.22. The molecule has 1 aliphatic heterocycles. The van der Waals surface area contributed by atoms with Crippen LogP contribution in [0.4, 0.5) is 11.4 Å². The number of aliphatic hydroxyl groups excluding tert-OH is 1. The van der Waals surface area contributed by atoms with E-state index in [9.17, 15) is 9.90 Å². The zero-order valence-corrected chi connectivity index (χ0v) is 25.0. The third kappa shape index (κ3) is 7.25. The molecule has 1 saturated heterocycles. The van der Waals surface area contributed by atoms with E-state index >= 15 is 0 Å². The number of ether oxygens (including phenoxy) is 3. The Labute approximate surface area is 257 Å². The maximum Gasteiger partial charge on any atom is 0.337 e. The summed E-state index contributed by atoms with van der Waals surface area (Å²) >= 11 is 5.78. The van der Waals surface area contributed by atoms with Crippen molar-refractivity contribution in [1.29, 1.82) is 0 Å². The molecule has 0 amide bonds. The van der Waals surface area contributed by atoms with Crippen molar-refractivity contribution in [3.8, 4) is 17.2 Å². The lowest BCUT2D eigenvalue weighted by Crippen LogP contribution is -2.70. The van der Waals surface area contributed by atoms with E-state index in [0.29, 0.717) is 36.1 Å². The van der Waals surface area contributed by atoms with Crippen LogP contribution < -0.4 is 19.7 Å². The Bertz CT molecular complexity index is 1530. The molecule has 8 nitrogen and oxygen atoms in total. The molecule has 0 radical (unpaired) electrons. The van der Waals surface area contributed by atoms with E-state index in [1.165, 1.54) is 7.11 Å². The molecule has 2 N–H and O–H groups in total. The highest BCUT2D eigenvalue weighted by atomic mass is 32.1. The van der Waals surface area contributed by atoms with E-state index < -0.39 is 5.97 Å². The highest BCUT2D eigenvalue weighted by Crippen LogP contribution is 2.31. The maximum absolute atomic E-state index is 12.0. The Balaban J connectivity index is 1.27. The number of hydrogen-bond acceptors (Lipinski definition) is 7. The number of methoxy groups -OCH3 is 1. The van der Waals surface area contributed by atoms with Gasteiger partial charge in [-0.25, -0.2) is 4.79 Å². The van der Waals surface area contributed by atoms with Crippen molar-refractivity contribution in [1.82, 2.24) is 4.90 Å². The normalized spacial score (nSPS) is 15.7. The van der Waals surface area contributed by atoms with Crippen molar-refractivity contribution in [2.24, 2.45) is 0 Å². The molecular weight excluding hydrogens is 562 g/mol. The Morgan fingerprint density at radius 2 is 1.70 bits per heavy atom. The van der Waals surface area contributed by atoms with Crippen LogP contribution in [0.25, 0.3) is 0 Å². The monoisotopic (exact) mass is 597 g/mol. The third-order valence-electron chi connectivity index (χ3n) is 7.45. The summed E-state index contributed by atoms with van der Waals surface area (Å²) < 4.78 is 16.9. The van der Waals surface area contributed by atoms with Crippen molar-refractivity contribution in [2.45, 2.75) is 19.0 Å². The van der Waals surface area contributed by atoms with Gasteiger partial charge in [0, 0.05) is 24.0 Å². The fraction of sp³-hybridized carbons (Fsp3) is 0.235. The van der Waals surface area contributed by atoms with Crippen LogP contribution in [0.2, 0.25) is 0 Å². The van der Waals surface area contributed by atoms with Gasteiger partial charge in [0.1, 0.15) is 23.9 Å². The fourth-order valence-corrected chi connectivity index (χ4v) is 5.42. The van der Waals surface area contributed by atoms with Crippen molar-refractivity contribution >= 4 is 34.7 Å². The summed E-state index contributed by atoms with van der Waals surface area (Å²) in [7, 11) is 1.36. The lowest BCUT2D eigenvalue weighted by molar-refractivity contribution is 0.0600. The first-order chi connectivity index (χ1) is 21.0. The average molecular weight is 598 g/mol. The number of esters is 1. The van der Waals surface area contributed by atoms with Crippen LogP contribution in [0.3, 0.4) is 0 Å². The molecule has 1 heterocycles. The molecule has 0 aromatic heterocycles. The minimum atomic E-state index is -0.390. The summed E-state index contributed by atoms with van der Waals surface area (Å²) in [6.07, 6.45) is 0. The highest BCUT2D eigenvalue weighted by molar-refractivity contribution is 7.80. The predicted molar refractivity (Wildman–Crippen MR) is 172 cm³/mol. The Morgan fingerprint density at radius 3 is 2.42 bits per heavy atom. The molecule has 222 valence electrons. The molecule has 0 bridgehead atoms. The van der Waals surface area contributed by atoms with Crippen molar-refractivity contribution in [3.63, 3.8) is 0 Å². The standard InChI is InChI=1S/C34H35N3O5S/c1-24-9-6-7-14-32(24)42-29-13-8-10-26(21-29)35-34(43)37-22-30(31(37)23-38)36(19-20-41-28-11-4-3-5-12-28)27-17-15-25(16-18-27)33(39)40-2/h3-18,21,30-31,38H,19-20,22-23H2,1-2H3,(H,35,43). The van der Waals surface area contributed by atoms with Crippen LogP contribution in [0.1, 0.15) is 15.9 Å². The van der Waals surface area contributed by atoms with Crippen LogP contribution in [-0.4, -0.2) is 66.6 Å². The van der Waals surface area contributed by atoms with E-state index in [4.69, 9.17) is 26.4 Å². The van der Waals surface area contributed by atoms with Crippen LogP contribution in [0, 0.1) is 6.92 Å². The zero-order chi connectivity index (χ0) is 30.2. The Kier molecular flexibility index (Phi) is 9.76. The van der Waals surface area contributed by atoms with Crippen LogP contribution >= 0.6 is 12.2 Å². The van der Waals surface area contributed by atoms with E-state index in [2.05, 4.69) is 10.2 Å². The number of hydrogen-bond donors (Lipinski definition) is 2. The van der Waals surface area contributed by atoms with Crippen LogP contribution in [-0.2, 0) is 4.74 Å². The lowest BCUT2D eigenvalue weighted by atomic mass is 9.95. The first-order valence-electron chi connectivity index (χ1n) is 14.1. The maximum atomic E-state index is 12.0. The van der Waals surface area contributed by atoms with Gasteiger partial charge in [-0.3, -0.25) is 0 Å². The van der Waals surface area contributed by atoms with E-state index in [1.54, 1.807) is 12.1 Å². The SMILES string of the molecule is COC(=O)c1ccc(N(CCOc2ccccc2)C2CN(C(=S)Nc3cccc(Oc4ccccc4C)c3)C2CO)cc1. The zero-order valence-electron chi connectivity index (χ0n) is 24.2. The Morgan fingerprint density at radius 1 is 0.977 bits per heavy atom. The second kappa shape index (κ2) is 14.0. The van der Waals surface area contributed by atoms with E-state index in [0.717, 1.165) is 28.4 Å². The lowest BCUT2D eigenvalue weighted by Gasteiger charge is -2.53.